The van der Waals surface area contributed by atoms with Crippen LogP contribution >= 0.6 is 11.6 Å². The van der Waals surface area contributed by atoms with Gasteiger partial charge in [0.05, 0.1) is 6.20 Å². The summed E-state index contributed by atoms with van der Waals surface area (Å²) in [6.45, 7) is 1.78. The van der Waals surface area contributed by atoms with Crippen molar-refractivity contribution in [2.75, 3.05) is 6.61 Å². The minimum atomic E-state index is -1.09. The standard InChI is InChI=1S/C9H10ClNO3/c1-6-2-3-7(4-11-6)14-5-8(10)9(12)13/h2-4,8H,5H2,1H3,(H,12,13). The lowest BCUT2D eigenvalue weighted by Gasteiger charge is -2.07. The highest BCUT2D eigenvalue weighted by molar-refractivity contribution is 6.29. The molecule has 4 nitrogen and oxygen atoms in total. The van der Waals surface area contributed by atoms with E-state index in [-0.39, 0.29) is 6.61 Å². The molecule has 0 amide bonds. The van der Waals surface area contributed by atoms with Gasteiger partial charge in [-0.15, -0.1) is 11.6 Å². The van der Waals surface area contributed by atoms with E-state index in [2.05, 4.69) is 4.98 Å². The van der Waals surface area contributed by atoms with Gasteiger partial charge in [-0.25, -0.2) is 0 Å². The van der Waals surface area contributed by atoms with Crippen molar-refractivity contribution in [3.05, 3.63) is 24.0 Å². The highest BCUT2D eigenvalue weighted by Crippen LogP contribution is 2.09. The summed E-state index contributed by atoms with van der Waals surface area (Å²) in [5.74, 6) is -0.575. The van der Waals surface area contributed by atoms with Crippen molar-refractivity contribution in [1.82, 2.24) is 4.98 Å². The molecule has 5 heteroatoms. The molecule has 0 fully saturated rings. The summed E-state index contributed by atoms with van der Waals surface area (Å²) < 4.78 is 5.11. The number of carboxylic acid groups (broad SMARTS) is 1. The quantitative estimate of drug-likeness (QED) is 0.773. The van der Waals surface area contributed by atoms with Crippen LogP contribution in [0.3, 0.4) is 0 Å². The molecule has 0 saturated carbocycles. The number of carboxylic acids is 1. The average molecular weight is 216 g/mol. The second kappa shape index (κ2) is 4.81. The van der Waals surface area contributed by atoms with E-state index in [9.17, 15) is 4.79 Å². The number of pyridine rings is 1. The van der Waals surface area contributed by atoms with Crippen LogP contribution in [0.15, 0.2) is 18.3 Å². The van der Waals surface area contributed by atoms with Crippen molar-refractivity contribution in [1.29, 1.82) is 0 Å². The SMILES string of the molecule is Cc1ccc(OCC(Cl)C(=O)O)cn1. The van der Waals surface area contributed by atoms with Crippen molar-refractivity contribution in [3.8, 4) is 5.75 Å². The number of aromatic nitrogens is 1. The lowest BCUT2D eigenvalue weighted by molar-refractivity contribution is -0.137. The van der Waals surface area contributed by atoms with Gasteiger partial charge in [-0.2, -0.15) is 0 Å². The number of hydrogen-bond acceptors (Lipinski definition) is 3. The van der Waals surface area contributed by atoms with Gasteiger partial charge in [0.15, 0.2) is 5.38 Å². The fourth-order valence-electron chi connectivity index (χ4n) is 0.780. The molecular weight excluding hydrogens is 206 g/mol. The van der Waals surface area contributed by atoms with E-state index in [1.165, 1.54) is 6.20 Å². The normalized spacial score (nSPS) is 12.1. The molecule has 1 N–H and O–H groups in total. The summed E-state index contributed by atoms with van der Waals surface area (Å²) in [4.78, 5) is 14.3. The molecule has 14 heavy (non-hydrogen) atoms. The minimum absolute atomic E-state index is 0.0678. The third-order valence-corrected chi connectivity index (χ3v) is 1.86. The zero-order valence-electron chi connectivity index (χ0n) is 7.61. The number of halogens is 1. The summed E-state index contributed by atoms with van der Waals surface area (Å²) in [6, 6.07) is 3.49. The fourth-order valence-corrected chi connectivity index (χ4v) is 0.843. The van der Waals surface area contributed by atoms with Crippen molar-refractivity contribution in [2.45, 2.75) is 12.3 Å². The summed E-state index contributed by atoms with van der Waals surface area (Å²) in [7, 11) is 0. The molecule has 76 valence electrons. The number of rotatable bonds is 4. The predicted molar refractivity (Wildman–Crippen MR) is 51.7 cm³/mol. The molecule has 1 atom stereocenters. The first kappa shape index (κ1) is 10.8. The van der Waals surface area contributed by atoms with Gasteiger partial charge in [0.1, 0.15) is 12.4 Å². The predicted octanol–water partition coefficient (Wildman–Crippen LogP) is 1.46. The molecular formula is C9H10ClNO3. The molecule has 0 aliphatic heterocycles. The van der Waals surface area contributed by atoms with Gasteiger partial charge in [0, 0.05) is 5.69 Å². The maximum atomic E-state index is 10.3. The Balaban J connectivity index is 2.46. The highest BCUT2D eigenvalue weighted by Gasteiger charge is 2.13. The Morgan fingerprint density at radius 3 is 2.93 bits per heavy atom. The second-order valence-corrected chi connectivity index (χ2v) is 3.28. The van der Waals surface area contributed by atoms with Crippen molar-refractivity contribution in [2.24, 2.45) is 0 Å². The molecule has 1 unspecified atom stereocenters. The summed E-state index contributed by atoms with van der Waals surface area (Å²) >= 11 is 5.45. The fraction of sp³-hybridized carbons (Fsp3) is 0.333. The molecule has 1 aromatic rings. The first-order chi connectivity index (χ1) is 6.59. The topological polar surface area (TPSA) is 59.4 Å². The van der Waals surface area contributed by atoms with E-state index < -0.39 is 11.3 Å². The van der Waals surface area contributed by atoms with Gasteiger partial charge in [-0.3, -0.25) is 9.78 Å². The van der Waals surface area contributed by atoms with Crippen LogP contribution < -0.4 is 4.74 Å². The molecule has 0 aliphatic carbocycles. The van der Waals surface area contributed by atoms with Crippen LogP contribution in [0.5, 0.6) is 5.75 Å². The molecule has 0 radical (unpaired) electrons. The number of aryl methyl sites for hydroxylation is 1. The van der Waals surface area contributed by atoms with Crippen molar-refractivity contribution in [3.63, 3.8) is 0 Å². The largest absolute Gasteiger partial charge is 0.490 e. The zero-order valence-corrected chi connectivity index (χ0v) is 8.36. The van der Waals surface area contributed by atoms with Gasteiger partial charge in [0.25, 0.3) is 0 Å². The van der Waals surface area contributed by atoms with Crippen molar-refractivity contribution < 1.29 is 14.6 Å². The highest BCUT2D eigenvalue weighted by atomic mass is 35.5. The second-order valence-electron chi connectivity index (χ2n) is 2.75. The number of alkyl halides is 1. The average Bonchev–Trinajstić information content (AvgIpc) is 2.16. The molecule has 1 heterocycles. The van der Waals surface area contributed by atoms with Crippen LogP contribution in [0.25, 0.3) is 0 Å². The third-order valence-electron chi connectivity index (χ3n) is 1.55. The van der Waals surface area contributed by atoms with Crippen LogP contribution in [0.1, 0.15) is 5.69 Å². The van der Waals surface area contributed by atoms with Crippen LogP contribution in [0, 0.1) is 6.92 Å². The Hall–Kier alpha value is -1.29. The van der Waals surface area contributed by atoms with Crippen LogP contribution in [0.4, 0.5) is 0 Å². The lowest BCUT2D eigenvalue weighted by atomic mass is 10.4. The molecule has 1 aromatic heterocycles. The van der Waals surface area contributed by atoms with Gasteiger partial charge in [-0.1, -0.05) is 0 Å². The number of ether oxygens (including phenoxy) is 1. The van der Waals surface area contributed by atoms with Crippen LogP contribution in [-0.4, -0.2) is 28.0 Å². The minimum Gasteiger partial charge on any atom is -0.490 e. The summed E-state index contributed by atoms with van der Waals surface area (Å²) in [6.07, 6.45) is 1.53. The van der Waals surface area contributed by atoms with E-state index >= 15 is 0 Å². The Kier molecular flexibility index (Phi) is 3.71. The summed E-state index contributed by atoms with van der Waals surface area (Å²) in [5, 5.41) is 7.45. The first-order valence-electron chi connectivity index (χ1n) is 4.02. The molecule has 0 aromatic carbocycles. The maximum absolute atomic E-state index is 10.3. The maximum Gasteiger partial charge on any atom is 0.325 e. The van der Waals surface area contributed by atoms with E-state index in [4.69, 9.17) is 21.4 Å². The molecule has 0 spiro atoms. The molecule has 0 aliphatic rings. The number of carbonyl (C=O) groups is 1. The molecule has 1 rings (SSSR count). The first-order valence-corrected chi connectivity index (χ1v) is 4.45. The smallest absolute Gasteiger partial charge is 0.325 e. The third kappa shape index (κ3) is 3.22. The summed E-state index contributed by atoms with van der Waals surface area (Å²) in [5.41, 5.74) is 0.873. The number of hydrogen-bond donors (Lipinski definition) is 1. The Bertz CT molecular complexity index is 312. The lowest BCUT2D eigenvalue weighted by Crippen LogP contribution is -2.21. The number of aliphatic carboxylic acids is 1. The Morgan fingerprint density at radius 1 is 1.71 bits per heavy atom. The van der Waals surface area contributed by atoms with E-state index in [1.807, 2.05) is 6.92 Å². The zero-order chi connectivity index (χ0) is 10.6. The Morgan fingerprint density at radius 2 is 2.43 bits per heavy atom. The molecule has 0 saturated heterocycles. The Labute approximate surface area is 86.5 Å². The molecule has 0 bridgehead atoms. The van der Waals surface area contributed by atoms with E-state index in [0.29, 0.717) is 5.75 Å². The van der Waals surface area contributed by atoms with Gasteiger partial charge in [0.2, 0.25) is 0 Å². The van der Waals surface area contributed by atoms with Crippen LogP contribution in [-0.2, 0) is 4.79 Å². The number of nitrogens with zero attached hydrogens (tertiary/aromatic N) is 1. The van der Waals surface area contributed by atoms with E-state index in [0.717, 1.165) is 5.69 Å². The van der Waals surface area contributed by atoms with Gasteiger partial charge >= 0.3 is 5.97 Å². The van der Waals surface area contributed by atoms with Gasteiger partial charge in [-0.05, 0) is 19.1 Å². The monoisotopic (exact) mass is 215 g/mol. The van der Waals surface area contributed by atoms with Crippen LogP contribution in [0.2, 0.25) is 0 Å². The van der Waals surface area contributed by atoms with Crippen molar-refractivity contribution >= 4 is 17.6 Å². The van der Waals surface area contributed by atoms with Gasteiger partial charge < -0.3 is 9.84 Å². The van der Waals surface area contributed by atoms with E-state index in [1.54, 1.807) is 12.1 Å².